The summed E-state index contributed by atoms with van der Waals surface area (Å²) in [5.74, 6) is 0. The van der Waals surface area contributed by atoms with Crippen LogP contribution in [0.1, 0.15) is 18.5 Å². The molecule has 4 heteroatoms. The van der Waals surface area contributed by atoms with Crippen molar-refractivity contribution < 1.29 is 4.79 Å². The predicted molar refractivity (Wildman–Crippen MR) is 75.0 cm³/mol. The Morgan fingerprint density at radius 1 is 1.21 bits per heavy atom. The van der Waals surface area contributed by atoms with Crippen LogP contribution in [-0.4, -0.2) is 24.9 Å². The molecule has 1 aromatic carbocycles. The van der Waals surface area contributed by atoms with Crippen molar-refractivity contribution in [1.29, 1.82) is 5.26 Å². The van der Waals surface area contributed by atoms with Crippen molar-refractivity contribution in [3.8, 4) is 6.07 Å². The molecule has 0 radical (unpaired) electrons. The Balaban J connectivity index is 0.000000637. The standard InChI is InChI=1S/C14H13N3.CH2O/c15-10-14-13-4-3-12(17-7-1-2-8-17)9-11(13)5-6-16-14;1-2/h3-6,9H,1-2,7-8H2;1H2. The minimum absolute atomic E-state index is 0.510. The molecular weight excluding hydrogens is 238 g/mol. The number of rotatable bonds is 1. The lowest BCUT2D eigenvalue weighted by molar-refractivity contribution is -0.0979. The molecule has 0 amide bonds. The van der Waals surface area contributed by atoms with Crippen molar-refractivity contribution in [2.45, 2.75) is 12.8 Å². The van der Waals surface area contributed by atoms with Gasteiger partial charge >= 0.3 is 0 Å². The van der Waals surface area contributed by atoms with Gasteiger partial charge in [-0.1, -0.05) is 0 Å². The molecule has 1 aliphatic rings. The first-order valence-corrected chi connectivity index (χ1v) is 6.21. The third-order valence-electron chi connectivity index (χ3n) is 3.33. The van der Waals surface area contributed by atoms with Crippen LogP contribution in [0.25, 0.3) is 10.8 Å². The first-order chi connectivity index (χ1) is 9.38. The molecule has 96 valence electrons. The van der Waals surface area contributed by atoms with Crippen LogP contribution in [0.2, 0.25) is 0 Å². The summed E-state index contributed by atoms with van der Waals surface area (Å²) in [5.41, 5.74) is 1.76. The first kappa shape index (κ1) is 13.0. The second kappa shape index (κ2) is 5.96. The highest BCUT2D eigenvalue weighted by molar-refractivity contribution is 5.89. The van der Waals surface area contributed by atoms with E-state index in [0.29, 0.717) is 5.69 Å². The van der Waals surface area contributed by atoms with Gasteiger partial charge in [-0.2, -0.15) is 5.26 Å². The minimum atomic E-state index is 0.510. The molecule has 1 fully saturated rings. The van der Waals surface area contributed by atoms with Crippen LogP contribution in [0, 0.1) is 11.3 Å². The van der Waals surface area contributed by atoms with Crippen molar-refractivity contribution in [2.24, 2.45) is 0 Å². The van der Waals surface area contributed by atoms with Crippen molar-refractivity contribution in [3.63, 3.8) is 0 Å². The molecule has 0 saturated carbocycles. The summed E-state index contributed by atoms with van der Waals surface area (Å²) in [4.78, 5) is 14.5. The van der Waals surface area contributed by atoms with Gasteiger partial charge in [-0.15, -0.1) is 0 Å². The number of anilines is 1. The number of hydrogen-bond acceptors (Lipinski definition) is 4. The third-order valence-corrected chi connectivity index (χ3v) is 3.33. The molecular formula is C15H15N3O. The van der Waals surface area contributed by atoms with Crippen LogP contribution < -0.4 is 4.90 Å². The molecule has 3 rings (SSSR count). The lowest BCUT2D eigenvalue weighted by Crippen LogP contribution is -2.17. The monoisotopic (exact) mass is 253 g/mol. The fourth-order valence-corrected chi connectivity index (χ4v) is 2.43. The van der Waals surface area contributed by atoms with Gasteiger partial charge in [0.25, 0.3) is 0 Å². The second-order valence-electron chi connectivity index (χ2n) is 4.37. The number of nitriles is 1. The van der Waals surface area contributed by atoms with E-state index in [-0.39, 0.29) is 0 Å². The number of nitrogens with zero attached hydrogens (tertiary/aromatic N) is 3. The van der Waals surface area contributed by atoms with E-state index < -0.39 is 0 Å². The molecule has 0 atom stereocenters. The van der Waals surface area contributed by atoms with E-state index in [9.17, 15) is 0 Å². The number of benzene rings is 1. The van der Waals surface area contributed by atoms with Gasteiger partial charge in [0.15, 0.2) is 0 Å². The number of aromatic nitrogens is 1. The van der Waals surface area contributed by atoms with Gasteiger partial charge in [0.05, 0.1) is 0 Å². The van der Waals surface area contributed by atoms with Gasteiger partial charge in [-0.3, -0.25) is 0 Å². The lowest BCUT2D eigenvalue weighted by atomic mass is 10.1. The van der Waals surface area contributed by atoms with Gasteiger partial charge in [0.2, 0.25) is 0 Å². The normalized spacial score (nSPS) is 13.7. The highest BCUT2D eigenvalue weighted by Gasteiger charge is 2.12. The van der Waals surface area contributed by atoms with Crippen LogP contribution in [0.15, 0.2) is 30.5 Å². The number of pyridine rings is 1. The zero-order valence-corrected chi connectivity index (χ0v) is 10.7. The summed E-state index contributed by atoms with van der Waals surface area (Å²) < 4.78 is 0. The molecule has 0 aliphatic carbocycles. The smallest absolute Gasteiger partial charge is 0.148 e. The van der Waals surface area contributed by atoms with E-state index in [4.69, 9.17) is 10.1 Å². The van der Waals surface area contributed by atoms with Crippen LogP contribution in [-0.2, 0) is 4.79 Å². The minimum Gasteiger partial charge on any atom is -0.372 e. The average Bonchev–Trinajstić information content (AvgIpc) is 3.02. The average molecular weight is 253 g/mol. The van der Waals surface area contributed by atoms with Crippen LogP contribution in [0.3, 0.4) is 0 Å². The van der Waals surface area contributed by atoms with Gasteiger partial charge in [0, 0.05) is 30.4 Å². The van der Waals surface area contributed by atoms with Gasteiger partial charge in [-0.25, -0.2) is 4.98 Å². The van der Waals surface area contributed by atoms with E-state index in [1.165, 1.54) is 18.5 Å². The third kappa shape index (κ3) is 2.55. The summed E-state index contributed by atoms with van der Waals surface area (Å²) >= 11 is 0. The maximum atomic E-state index is 8.99. The Hall–Kier alpha value is -2.41. The molecule has 2 heterocycles. The summed E-state index contributed by atoms with van der Waals surface area (Å²) in [7, 11) is 0. The Morgan fingerprint density at radius 3 is 2.63 bits per heavy atom. The SMILES string of the molecule is C=O.N#Cc1nccc2cc(N3CCCC3)ccc12. The van der Waals surface area contributed by atoms with Gasteiger partial charge < -0.3 is 9.69 Å². The molecule has 4 nitrogen and oxygen atoms in total. The van der Waals surface area contributed by atoms with Crippen molar-refractivity contribution in [2.75, 3.05) is 18.0 Å². The number of carbonyl (C=O) groups excluding carboxylic acids is 1. The largest absolute Gasteiger partial charge is 0.372 e. The van der Waals surface area contributed by atoms with Crippen LogP contribution in [0.5, 0.6) is 0 Å². The Kier molecular flexibility index (Phi) is 4.09. The van der Waals surface area contributed by atoms with E-state index in [2.05, 4.69) is 28.1 Å². The first-order valence-electron chi connectivity index (χ1n) is 6.21. The zero-order chi connectivity index (χ0) is 13.7. The fourth-order valence-electron chi connectivity index (χ4n) is 2.43. The molecule has 1 aliphatic heterocycles. The summed E-state index contributed by atoms with van der Waals surface area (Å²) in [6.07, 6.45) is 4.25. The van der Waals surface area contributed by atoms with E-state index in [1.807, 2.05) is 18.9 Å². The van der Waals surface area contributed by atoms with E-state index in [1.54, 1.807) is 6.20 Å². The number of fused-ring (bicyclic) bond motifs is 1. The molecule has 19 heavy (non-hydrogen) atoms. The fraction of sp³-hybridized carbons (Fsp3) is 0.267. The maximum Gasteiger partial charge on any atom is 0.148 e. The molecule has 0 bridgehead atoms. The Labute approximate surface area is 112 Å². The quantitative estimate of drug-likeness (QED) is 0.783. The van der Waals surface area contributed by atoms with Gasteiger partial charge in [0.1, 0.15) is 18.6 Å². The molecule has 1 saturated heterocycles. The highest BCUT2D eigenvalue weighted by Crippen LogP contribution is 2.25. The summed E-state index contributed by atoms with van der Waals surface area (Å²) in [5, 5.41) is 11.0. The number of hydrogen-bond donors (Lipinski definition) is 0. The summed E-state index contributed by atoms with van der Waals surface area (Å²) in [6.45, 7) is 4.28. The predicted octanol–water partition coefficient (Wildman–Crippen LogP) is 2.52. The highest BCUT2D eigenvalue weighted by atomic mass is 16.1. The molecule has 0 N–H and O–H groups in total. The Morgan fingerprint density at radius 2 is 1.95 bits per heavy atom. The Bertz CT molecular complexity index is 612. The molecule has 1 aromatic heterocycles. The van der Waals surface area contributed by atoms with Crippen LogP contribution >= 0.6 is 0 Å². The topological polar surface area (TPSA) is 57.0 Å². The second-order valence-corrected chi connectivity index (χ2v) is 4.37. The molecule has 0 spiro atoms. The maximum absolute atomic E-state index is 8.99. The molecule has 2 aromatic rings. The summed E-state index contributed by atoms with van der Waals surface area (Å²) in [6, 6.07) is 10.4. The van der Waals surface area contributed by atoms with E-state index >= 15 is 0 Å². The van der Waals surface area contributed by atoms with Gasteiger partial charge in [-0.05, 0) is 42.5 Å². The van der Waals surface area contributed by atoms with Crippen molar-refractivity contribution in [3.05, 3.63) is 36.2 Å². The van der Waals surface area contributed by atoms with Crippen molar-refractivity contribution in [1.82, 2.24) is 4.98 Å². The lowest BCUT2D eigenvalue weighted by Gasteiger charge is -2.18. The molecule has 0 unspecified atom stereocenters. The van der Waals surface area contributed by atoms with E-state index in [0.717, 1.165) is 23.9 Å². The zero-order valence-electron chi connectivity index (χ0n) is 10.7. The number of carbonyl (C=O) groups is 1. The van der Waals surface area contributed by atoms with Crippen molar-refractivity contribution >= 4 is 23.2 Å². The van der Waals surface area contributed by atoms with Crippen LogP contribution in [0.4, 0.5) is 5.69 Å².